The molecule has 2 amide bonds. The van der Waals surface area contributed by atoms with Crippen LogP contribution in [0.2, 0.25) is 5.02 Å². The van der Waals surface area contributed by atoms with Gasteiger partial charge in [-0.3, -0.25) is 0 Å². The molecule has 0 saturated heterocycles. The Balaban J connectivity index is 2.32. The Bertz CT molecular complexity index is 472. The largest absolute Gasteiger partial charge is 0.389 e. The van der Waals surface area contributed by atoms with Gasteiger partial charge in [0.15, 0.2) is 5.82 Å². The van der Waals surface area contributed by atoms with Crippen molar-refractivity contribution in [1.82, 2.24) is 5.32 Å². The lowest BCUT2D eigenvalue weighted by molar-refractivity contribution is 0.0274. The van der Waals surface area contributed by atoms with Gasteiger partial charge in [-0.15, -0.1) is 0 Å². The number of ether oxygens (including phenoxy) is 1. The topological polar surface area (TPSA) is 70.6 Å². The van der Waals surface area contributed by atoms with Gasteiger partial charge in [-0.25, -0.2) is 9.18 Å². The lowest BCUT2D eigenvalue weighted by Crippen LogP contribution is -2.37. The van der Waals surface area contributed by atoms with Gasteiger partial charge in [-0.2, -0.15) is 0 Å². The van der Waals surface area contributed by atoms with E-state index in [9.17, 15) is 14.3 Å². The van der Waals surface area contributed by atoms with Gasteiger partial charge < -0.3 is 20.5 Å². The molecule has 0 aliphatic heterocycles. The first-order valence-electron chi connectivity index (χ1n) is 6.64. The van der Waals surface area contributed by atoms with Crippen LogP contribution in [0.15, 0.2) is 18.2 Å². The monoisotopic (exact) mass is 318 g/mol. The highest BCUT2D eigenvalue weighted by molar-refractivity contribution is 6.31. The van der Waals surface area contributed by atoms with Crippen molar-refractivity contribution in [2.24, 2.45) is 5.92 Å². The van der Waals surface area contributed by atoms with E-state index >= 15 is 0 Å². The third-order valence-electron chi connectivity index (χ3n) is 2.46. The van der Waals surface area contributed by atoms with Gasteiger partial charge in [0.1, 0.15) is 0 Å². The minimum Gasteiger partial charge on any atom is -0.389 e. The summed E-state index contributed by atoms with van der Waals surface area (Å²) in [4.78, 5) is 11.6. The van der Waals surface area contributed by atoms with Crippen molar-refractivity contribution in [1.29, 1.82) is 0 Å². The second-order valence-electron chi connectivity index (χ2n) is 5.02. The minimum absolute atomic E-state index is 0.00606. The molecule has 7 heteroatoms. The lowest BCUT2D eigenvalue weighted by atomic mass is 10.2. The van der Waals surface area contributed by atoms with Crippen molar-refractivity contribution in [3.63, 3.8) is 0 Å². The van der Waals surface area contributed by atoms with Crippen molar-refractivity contribution in [2.75, 3.05) is 25.1 Å². The smallest absolute Gasteiger partial charge is 0.319 e. The van der Waals surface area contributed by atoms with Gasteiger partial charge in [0.05, 0.1) is 23.4 Å². The van der Waals surface area contributed by atoms with Crippen molar-refractivity contribution < 1.29 is 19.0 Å². The molecule has 1 aromatic carbocycles. The molecule has 118 valence electrons. The Morgan fingerprint density at radius 1 is 1.43 bits per heavy atom. The number of rotatable bonds is 7. The second kappa shape index (κ2) is 8.81. The minimum atomic E-state index is -0.821. The highest BCUT2D eigenvalue weighted by Crippen LogP contribution is 2.21. The zero-order valence-corrected chi connectivity index (χ0v) is 12.8. The molecule has 5 nitrogen and oxygen atoms in total. The summed E-state index contributed by atoms with van der Waals surface area (Å²) in [5, 5.41) is 14.3. The molecule has 0 aliphatic rings. The Hall–Kier alpha value is -1.37. The summed E-state index contributed by atoms with van der Waals surface area (Å²) in [6, 6.07) is 3.67. The molecular formula is C14H20ClFN2O3. The molecule has 0 heterocycles. The summed E-state index contributed by atoms with van der Waals surface area (Å²) >= 11 is 5.60. The van der Waals surface area contributed by atoms with Crippen molar-refractivity contribution in [2.45, 2.75) is 20.0 Å². The van der Waals surface area contributed by atoms with E-state index in [1.807, 2.05) is 13.8 Å². The molecule has 1 aromatic rings. The molecule has 3 N–H and O–H groups in total. The SMILES string of the molecule is CC(C)COCC(O)CNC(=O)Nc1cccc(Cl)c1F. The van der Waals surface area contributed by atoms with E-state index in [2.05, 4.69) is 10.6 Å². The molecule has 0 saturated carbocycles. The Morgan fingerprint density at radius 3 is 2.81 bits per heavy atom. The molecule has 0 fully saturated rings. The summed E-state index contributed by atoms with van der Waals surface area (Å²) in [6.07, 6.45) is -0.821. The van der Waals surface area contributed by atoms with Gasteiger partial charge in [-0.05, 0) is 18.1 Å². The van der Waals surface area contributed by atoms with Crippen LogP contribution in [0.3, 0.4) is 0 Å². The van der Waals surface area contributed by atoms with Gasteiger partial charge in [0.2, 0.25) is 0 Å². The third kappa shape index (κ3) is 6.75. The zero-order valence-electron chi connectivity index (χ0n) is 12.0. The number of carbonyl (C=O) groups excluding carboxylic acids is 1. The molecule has 0 spiro atoms. The van der Waals surface area contributed by atoms with E-state index in [4.69, 9.17) is 16.3 Å². The molecule has 1 rings (SSSR count). The van der Waals surface area contributed by atoms with E-state index in [-0.39, 0.29) is 23.9 Å². The first-order chi connectivity index (χ1) is 9.90. The summed E-state index contributed by atoms with van der Waals surface area (Å²) < 4.78 is 18.8. The van der Waals surface area contributed by atoms with Crippen LogP contribution >= 0.6 is 11.6 Å². The number of nitrogens with one attached hydrogen (secondary N) is 2. The van der Waals surface area contributed by atoms with Crippen LogP contribution in [0, 0.1) is 11.7 Å². The number of benzene rings is 1. The fraction of sp³-hybridized carbons (Fsp3) is 0.500. The van der Waals surface area contributed by atoms with E-state index in [1.165, 1.54) is 18.2 Å². The highest BCUT2D eigenvalue weighted by atomic mass is 35.5. The van der Waals surface area contributed by atoms with Gasteiger partial charge >= 0.3 is 6.03 Å². The van der Waals surface area contributed by atoms with E-state index in [0.29, 0.717) is 12.5 Å². The number of carbonyl (C=O) groups is 1. The summed E-state index contributed by atoms with van der Waals surface area (Å²) in [5.41, 5.74) is -0.0226. The fourth-order valence-electron chi connectivity index (χ4n) is 1.48. The van der Waals surface area contributed by atoms with Gasteiger partial charge in [0, 0.05) is 13.2 Å². The van der Waals surface area contributed by atoms with E-state index in [0.717, 1.165) is 0 Å². The molecule has 0 aromatic heterocycles. The van der Waals surface area contributed by atoms with Crippen molar-refractivity contribution >= 4 is 23.3 Å². The van der Waals surface area contributed by atoms with Crippen LogP contribution in [0.25, 0.3) is 0 Å². The maximum absolute atomic E-state index is 13.6. The number of hydrogen-bond donors (Lipinski definition) is 3. The molecule has 0 bridgehead atoms. The number of anilines is 1. The van der Waals surface area contributed by atoms with Crippen LogP contribution in [0.1, 0.15) is 13.8 Å². The second-order valence-corrected chi connectivity index (χ2v) is 5.43. The number of aliphatic hydroxyl groups excluding tert-OH is 1. The Morgan fingerprint density at radius 2 is 2.14 bits per heavy atom. The van der Waals surface area contributed by atoms with Crippen molar-refractivity contribution in [3.05, 3.63) is 29.0 Å². The Kier molecular flexibility index (Phi) is 7.42. The first-order valence-corrected chi connectivity index (χ1v) is 7.02. The molecule has 0 aliphatic carbocycles. The molecule has 21 heavy (non-hydrogen) atoms. The third-order valence-corrected chi connectivity index (χ3v) is 2.75. The number of aliphatic hydroxyl groups is 1. The van der Waals surface area contributed by atoms with E-state index in [1.54, 1.807) is 0 Å². The maximum atomic E-state index is 13.6. The van der Waals surface area contributed by atoms with E-state index < -0.39 is 18.0 Å². The number of amides is 2. The van der Waals surface area contributed by atoms with Crippen LogP contribution in [0.5, 0.6) is 0 Å². The number of urea groups is 1. The molecule has 1 atom stereocenters. The summed E-state index contributed by atoms with van der Waals surface area (Å²) in [7, 11) is 0. The summed E-state index contributed by atoms with van der Waals surface area (Å²) in [5.74, 6) is -0.325. The molecule has 0 radical (unpaired) electrons. The first kappa shape index (κ1) is 17.7. The normalized spacial score (nSPS) is 12.3. The average molecular weight is 319 g/mol. The van der Waals surface area contributed by atoms with Crippen LogP contribution < -0.4 is 10.6 Å². The van der Waals surface area contributed by atoms with Gasteiger partial charge in [-0.1, -0.05) is 31.5 Å². The van der Waals surface area contributed by atoms with Crippen LogP contribution in [0.4, 0.5) is 14.9 Å². The number of halogens is 2. The zero-order chi connectivity index (χ0) is 15.8. The maximum Gasteiger partial charge on any atom is 0.319 e. The summed E-state index contributed by atoms with van der Waals surface area (Å²) in [6.45, 7) is 4.67. The average Bonchev–Trinajstić information content (AvgIpc) is 2.41. The highest BCUT2D eigenvalue weighted by Gasteiger charge is 2.11. The van der Waals surface area contributed by atoms with Gasteiger partial charge in [0.25, 0.3) is 0 Å². The molecular weight excluding hydrogens is 299 g/mol. The fourth-order valence-corrected chi connectivity index (χ4v) is 1.65. The van der Waals surface area contributed by atoms with Crippen molar-refractivity contribution in [3.8, 4) is 0 Å². The Labute approximate surface area is 128 Å². The molecule has 1 unspecified atom stereocenters. The lowest BCUT2D eigenvalue weighted by Gasteiger charge is -2.14. The predicted molar refractivity (Wildman–Crippen MR) is 80.1 cm³/mol. The predicted octanol–water partition coefficient (Wildman–Crippen LogP) is 2.63. The quantitative estimate of drug-likeness (QED) is 0.724. The number of hydrogen-bond acceptors (Lipinski definition) is 3. The van der Waals surface area contributed by atoms with Crippen LogP contribution in [-0.2, 0) is 4.74 Å². The van der Waals surface area contributed by atoms with Crippen LogP contribution in [-0.4, -0.2) is 37.0 Å². The standard InChI is InChI=1S/C14H20ClFN2O3/c1-9(2)7-21-8-10(19)6-17-14(20)18-12-5-3-4-11(15)13(12)16/h3-5,9-10,19H,6-8H2,1-2H3,(H2,17,18,20).